The van der Waals surface area contributed by atoms with Crippen LogP contribution < -0.4 is 0 Å². The molecule has 0 spiro atoms. The average molecular weight is 401 g/mol. The first kappa shape index (κ1) is 18.7. The Kier molecular flexibility index (Phi) is 4.37. The molecule has 0 amide bonds. The van der Waals surface area contributed by atoms with Gasteiger partial charge in [0, 0.05) is 10.9 Å². The second-order valence-electron chi connectivity index (χ2n) is 6.26. The van der Waals surface area contributed by atoms with Crippen molar-refractivity contribution in [3.8, 4) is 17.1 Å². The molecule has 4 rings (SSSR count). The molecule has 29 heavy (non-hydrogen) atoms. The maximum absolute atomic E-state index is 13.0. The largest absolute Gasteiger partial charge is 0.506 e. The molecule has 0 fully saturated rings. The van der Waals surface area contributed by atoms with Crippen molar-refractivity contribution in [3.63, 3.8) is 0 Å². The first-order chi connectivity index (χ1) is 13.8. The summed E-state index contributed by atoms with van der Waals surface area (Å²) in [6.07, 6.45) is -4.63. The molecule has 148 valence electrons. The first-order valence-corrected chi connectivity index (χ1v) is 8.65. The van der Waals surface area contributed by atoms with E-state index >= 15 is 0 Å². The Hall–Kier alpha value is -3.62. The van der Waals surface area contributed by atoms with E-state index in [1.165, 1.54) is 18.2 Å². The maximum atomic E-state index is 13.0. The second kappa shape index (κ2) is 6.77. The van der Waals surface area contributed by atoms with Crippen molar-refractivity contribution < 1.29 is 27.8 Å². The van der Waals surface area contributed by atoms with Crippen LogP contribution in [0.1, 0.15) is 23.0 Å². The topological polar surface area (TPSA) is 88.1 Å². The number of phenols is 1. The highest BCUT2D eigenvalue weighted by Crippen LogP contribution is 2.36. The number of H-pyrrole nitrogens is 1. The van der Waals surface area contributed by atoms with Crippen molar-refractivity contribution in [1.82, 2.24) is 15.0 Å². The van der Waals surface area contributed by atoms with Gasteiger partial charge in [0.1, 0.15) is 22.8 Å². The van der Waals surface area contributed by atoms with E-state index in [1.54, 1.807) is 25.1 Å². The lowest BCUT2D eigenvalue weighted by molar-refractivity contribution is -0.140. The molecule has 6 nitrogen and oxygen atoms in total. The van der Waals surface area contributed by atoms with E-state index in [0.717, 1.165) is 6.07 Å². The summed E-state index contributed by atoms with van der Waals surface area (Å²) in [6, 6.07) is 9.72. The van der Waals surface area contributed by atoms with E-state index in [-0.39, 0.29) is 17.9 Å². The van der Waals surface area contributed by atoms with Gasteiger partial charge >= 0.3 is 12.1 Å². The molecule has 4 aromatic rings. The molecule has 0 saturated heterocycles. The number of aromatic amines is 1. The SMILES string of the molecule is CCOC(=O)c1ccc2nc(-c3ccc(O)c4nc(C(F)(F)F)ccc34)[nH]c2c1. The Balaban J connectivity index is 1.85. The van der Waals surface area contributed by atoms with Gasteiger partial charge in [0.2, 0.25) is 0 Å². The van der Waals surface area contributed by atoms with Crippen molar-refractivity contribution in [3.05, 3.63) is 53.7 Å². The maximum Gasteiger partial charge on any atom is 0.433 e. The van der Waals surface area contributed by atoms with E-state index in [4.69, 9.17) is 4.74 Å². The zero-order chi connectivity index (χ0) is 20.8. The molecular formula is C20H14F3N3O3. The van der Waals surface area contributed by atoms with Crippen LogP contribution >= 0.6 is 0 Å². The molecule has 2 heterocycles. The van der Waals surface area contributed by atoms with Gasteiger partial charge in [-0.15, -0.1) is 0 Å². The number of alkyl halides is 3. The number of carbonyl (C=O) groups is 1. The van der Waals surface area contributed by atoms with Crippen molar-refractivity contribution in [1.29, 1.82) is 0 Å². The lowest BCUT2D eigenvalue weighted by Gasteiger charge is -2.09. The summed E-state index contributed by atoms with van der Waals surface area (Å²) in [7, 11) is 0. The predicted octanol–water partition coefficient (Wildman–Crippen LogP) is 4.68. The fourth-order valence-corrected chi connectivity index (χ4v) is 3.05. The number of nitrogens with zero attached hydrogens (tertiary/aromatic N) is 2. The Morgan fingerprint density at radius 1 is 1.14 bits per heavy atom. The molecule has 0 radical (unpaired) electrons. The third kappa shape index (κ3) is 3.35. The quantitative estimate of drug-likeness (QED) is 0.487. The monoisotopic (exact) mass is 401 g/mol. The van der Waals surface area contributed by atoms with Crippen LogP contribution in [0.4, 0.5) is 13.2 Å². The van der Waals surface area contributed by atoms with Gasteiger partial charge in [-0.05, 0) is 49.4 Å². The van der Waals surface area contributed by atoms with Gasteiger partial charge in [0.15, 0.2) is 0 Å². The second-order valence-corrected chi connectivity index (χ2v) is 6.26. The molecule has 9 heteroatoms. The number of imidazole rings is 1. The summed E-state index contributed by atoms with van der Waals surface area (Å²) in [5.41, 5.74) is 0.668. The molecule has 2 aromatic heterocycles. The van der Waals surface area contributed by atoms with Crippen molar-refractivity contribution in [2.75, 3.05) is 6.61 Å². The summed E-state index contributed by atoms with van der Waals surface area (Å²) in [4.78, 5) is 23.0. The smallest absolute Gasteiger partial charge is 0.433 e. The minimum atomic E-state index is -4.63. The average Bonchev–Trinajstić information content (AvgIpc) is 3.10. The molecule has 0 aliphatic carbocycles. The van der Waals surface area contributed by atoms with E-state index in [9.17, 15) is 23.1 Å². The Morgan fingerprint density at radius 2 is 1.93 bits per heavy atom. The lowest BCUT2D eigenvalue weighted by Crippen LogP contribution is -2.07. The van der Waals surface area contributed by atoms with Crippen LogP contribution in [0.25, 0.3) is 33.3 Å². The number of fused-ring (bicyclic) bond motifs is 2. The van der Waals surface area contributed by atoms with Crippen LogP contribution in [0.15, 0.2) is 42.5 Å². The number of nitrogens with one attached hydrogen (secondary N) is 1. The number of hydrogen-bond acceptors (Lipinski definition) is 5. The third-order valence-corrected chi connectivity index (χ3v) is 4.37. The van der Waals surface area contributed by atoms with Crippen LogP contribution in [-0.2, 0) is 10.9 Å². The lowest BCUT2D eigenvalue weighted by atomic mass is 10.1. The van der Waals surface area contributed by atoms with Crippen LogP contribution in [0.5, 0.6) is 5.75 Å². The van der Waals surface area contributed by atoms with Gasteiger partial charge in [-0.2, -0.15) is 13.2 Å². The minimum Gasteiger partial charge on any atom is -0.506 e. The number of carbonyl (C=O) groups excluding carboxylic acids is 1. The fraction of sp³-hybridized carbons (Fsp3) is 0.150. The number of aromatic nitrogens is 3. The molecule has 0 bridgehead atoms. The molecule has 0 aliphatic rings. The molecule has 2 N–H and O–H groups in total. The number of aromatic hydroxyl groups is 1. The van der Waals surface area contributed by atoms with E-state index in [2.05, 4.69) is 15.0 Å². The van der Waals surface area contributed by atoms with Crippen molar-refractivity contribution in [2.24, 2.45) is 0 Å². The number of rotatable bonds is 3. The van der Waals surface area contributed by atoms with Crippen molar-refractivity contribution in [2.45, 2.75) is 13.1 Å². The zero-order valence-electron chi connectivity index (χ0n) is 15.0. The van der Waals surface area contributed by atoms with Crippen LogP contribution in [0.2, 0.25) is 0 Å². The molecule has 0 unspecified atom stereocenters. The third-order valence-electron chi connectivity index (χ3n) is 4.37. The van der Waals surface area contributed by atoms with Gasteiger partial charge in [-0.25, -0.2) is 14.8 Å². The number of esters is 1. The number of phenolic OH excluding ortho intramolecular Hbond substituents is 1. The molecule has 2 aromatic carbocycles. The summed E-state index contributed by atoms with van der Waals surface area (Å²) in [5, 5.41) is 10.3. The first-order valence-electron chi connectivity index (χ1n) is 8.65. The highest BCUT2D eigenvalue weighted by atomic mass is 19.4. The van der Waals surface area contributed by atoms with Gasteiger partial charge in [0.05, 0.1) is 23.2 Å². The van der Waals surface area contributed by atoms with Gasteiger partial charge < -0.3 is 14.8 Å². The molecule has 0 saturated carbocycles. The van der Waals surface area contributed by atoms with Gasteiger partial charge in [-0.1, -0.05) is 0 Å². The number of halogens is 3. The Bertz CT molecular complexity index is 1250. The van der Waals surface area contributed by atoms with E-state index in [0.29, 0.717) is 33.4 Å². The van der Waals surface area contributed by atoms with Crippen molar-refractivity contribution >= 4 is 27.9 Å². The minimum absolute atomic E-state index is 0.176. The summed E-state index contributed by atoms with van der Waals surface area (Å²) < 4.78 is 43.9. The molecule has 0 atom stereocenters. The summed E-state index contributed by atoms with van der Waals surface area (Å²) in [6.45, 7) is 1.95. The standard InChI is InChI=1S/C20H14F3N3O3/c1-2-29-19(28)10-3-6-13-14(9-10)25-18(24-13)12-4-7-15(27)17-11(12)5-8-16(26-17)20(21,22)23/h3-9,27H,2H2,1H3,(H,24,25). The van der Waals surface area contributed by atoms with Crippen LogP contribution in [0, 0.1) is 0 Å². The normalized spacial score (nSPS) is 11.9. The number of hydrogen-bond donors (Lipinski definition) is 2. The highest BCUT2D eigenvalue weighted by molar-refractivity contribution is 5.98. The van der Waals surface area contributed by atoms with Crippen LogP contribution in [0.3, 0.4) is 0 Å². The van der Waals surface area contributed by atoms with E-state index in [1.807, 2.05) is 0 Å². The predicted molar refractivity (Wildman–Crippen MR) is 99.5 cm³/mol. The van der Waals surface area contributed by atoms with Gasteiger partial charge in [0.25, 0.3) is 0 Å². The number of ether oxygens (including phenoxy) is 1. The molecular weight excluding hydrogens is 387 g/mol. The Morgan fingerprint density at radius 3 is 2.66 bits per heavy atom. The molecule has 0 aliphatic heterocycles. The van der Waals surface area contributed by atoms with E-state index < -0.39 is 17.8 Å². The summed E-state index contributed by atoms with van der Waals surface area (Å²) >= 11 is 0. The summed E-state index contributed by atoms with van der Waals surface area (Å²) in [5.74, 6) is -0.465. The highest BCUT2D eigenvalue weighted by Gasteiger charge is 2.33. The van der Waals surface area contributed by atoms with Gasteiger partial charge in [-0.3, -0.25) is 0 Å². The number of pyridine rings is 1. The zero-order valence-corrected chi connectivity index (χ0v) is 15.0. The number of benzene rings is 2. The Labute approximate surface area is 162 Å². The fourth-order valence-electron chi connectivity index (χ4n) is 3.05. The van der Waals surface area contributed by atoms with Crippen LogP contribution in [-0.4, -0.2) is 32.6 Å².